The van der Waals surface area contributed by atoms with Gasteiger partial charge < -0.3 is 10.1 Å². The van der Waals surface area contributed by atoms with Gasteiger partial charge in [-0.3, -0.25) is 4.79 Å². The highest BCUT2D eigenvalue weighted by atomic mass is 35.6. The van der Waals surface area contributed by atoms with Crippen LogP contribution in [0.1, 0.15) is 19.8 Å². The molecular formula is C12H12Cl5NO2. The molecule has 1 aromatic rings. The van der Waals surface area contributed by atoms with Crippen molar-refractivity contribution in [3.05, 3.63) is 28.2 Å². The fourth-order valence-electron chi connectivity index (χ4n) is 1.32. The Bertz CT molecular complexity index is 475. The second kappa shape index (κ2) is 7.81. The maximum absolute atomic E-state index is 11.6. The van der Waals surface area contributed by atoms with Gasteiger partial charge in [-0.25, -0.2) is 0 Å². The highest BCUT2D eigenvalue weighted by Crippen LogP contribution is 2.35. The lowest BCUT2D eigenvalue weighted by molar-refractivity contribution is -0.123. The molecule has 0 aliphatic rings. The predicted octanol–water partition coefficient (Wildman–Crippen LogP) is 4.98. The van der Waals surface area contributed by atoms with Crippen molar-refractivity contribution in [1.82, 2.24) is 5.32 Å². The van der Waals surface area contributed by atoms with Crippen molar-refractivity contribution in [2.75, 3.05) is 0 Å². The number of hydrogen-bond acceptors (Lipinski definition) is 2. The number of amides is 1. The molecule has 0 saturated carbocycles. The molecule has 0 heterocycles. The van der Waals surface area contributed by atoms with Crippen LogP contribution in [-0.4, -0.2) is 15.9 Å². The van der Waals surface area contributed by atoms with E-state index in [1.165, 1.54) is 12.1 Å². The maximum atomic E-state index is 11.6. The van der Waals surface area contributed by atoms with E-state index in [1.807, 2.05) is 6.92 Å². The number of halogens is 5. The van der Waals surface area contributed by atoms with Gasteiger partial charge in [0, 0.05) is 11.4 Å². The zero-order valence-electron chi connectivity index (χ0n) is 10.4. The molecular weight excluding hydrogens is 367 g/mol. The molecule has 0 saturated heterocycles. The summed E-state index contributed by atoms with van der Waals surface area (Å²) in [5, 5.41) is 3.20. The second-order valence-corrected chi connectivity index (χ2v) is 7.14. The molecule has 0 bridgehead atoms. The van der Waals surface area contributed by atoms with E-state index in [-0.39, 0.29) is 16.7 Å². The first-order valence-electron chi connectivity index (χ1n) is 5.71. The fraction of sp³-hybridized carbons (Fsp3) is 0.417. The molecule has 1 aromatic carbocycles. The van der Waals surface area contributed by atoms with E-state index in [0.717, 1.165) is 0 Å². The largest absolute Gasteiger partial charge is 0.464 e. The molecule has 112 valence electrons. The number of benzene rings is 1. The van der Waals surface area contributed by atoms with Crippen LogP contribution in [0.2, 0.25) is 10.0 Å². The number of rotatable bonds is 5. The van der Waals surface area contributed by atoms with Gasteiger partial charge in [-0.15, -0.1) is 0 Å². The molecule has 0 spiro atoms. The van der Waals surface area contributed by atoms with E-state index >= 15 is 0 Å². The van der Waals surface area contributed by atoms with Gasteiger partial charge in [-0.05, 0) is 24.6 Å². The predicted molar refractivity (Wildman–Crippen MR) is 84.2 cm³/mol. The molecule has 0 aromatic heterocycles. The van der Waals surface area contributed by atoms with Crippen LogP contribution >= 0.6 is 58.0 Å². The zero-order chi connectivity index (χ0) is 15.3. The van der Waals surface area contributed by atoms with Crippen LogP contribution in [-0.2, 0) is 4.79 Å². The Hall–Kier alpha value is -0.0600. The van der Waals surface area contributed by atoms with Gasteiger partial charge in [0.1, 0.15) is 5.75 Å². The Kier molecular flexibility index (Phi) is 7.02. The first kappa shape index (κ1) is 18.0. The molecule has 0 radical (unpaired) electrons. The number of nitrogens with one attached hydrogen (secondary N) is 1. The van der Waals surface area contributed by atoms with Crippen LogP contribution in [0.15, 0.2) is 18.2 Å². The summed E-state index contributed by atoms with van der Waals surface area (Å²) >= 11 is 29.1. The third-order valence-corrected chi connectivity index (χ3v) is 3.33. The highest BCUT2D eigenvalue weighted by molar-refractivity contribution is 6.68. The van der Waals surface area contributed by atoms with Crippen LogP contribution < -0.4 is 10.1 Å². The Morgan fingerprint density at radius 3 is 2.50 bits per heavy atom. The molecule has 20 heavy (non-hydrogen) atoms. The number of hydrogen-bond donors (Lipinski definition) is 1. The molecule has 3 nitrogen and oxygen atoms in total. The Morgan fingerprint density at radius 2 is 2.00 bits per heavy atom. The molecule has 8 heteroatoms. The van der Waals surface area contributed by atoms with Crippen molar-refractivity contribution in [3.63, 3.8) is 0 Å². The van der Waals surface area contributed by atoms with Crippen LogP contribution in [0, 0.1) is 0 Å². The smallest absolute Gasteiger partial charge is 0.246 e. The van der Waals surface area contributed by atoms with Gasteiger partial charge in [-0.1, -0.05) is 64.9 Å². The van der Waals surface area contributed by atoms with Crippen molar-refractivity contribution in [1.29, 1.82) is 0 Å². The van der Waals surface area contributed by atoms with Crippen LogP contribution in [0.25, 0.3) is 0 Å². The lowest BCUT2D eigenvalue weighted by Gasteiger charge is -2.26. The average Bonchev–Trinajstić information content (AvgIpc) is 2.30. The van der Waals surface area contributed by atoms with Crippen molar-refractivity contribution in [2.45, 2.75) is 29.8 Å². The molecule has 0 unspecified atom stereocenters. The third-order valence-electron chi connectivity index (χ3n) is 2.21. The Labute approximate surface area is 142 Å². The van der Waals surface area contributed by atoms with Gasteiger partial charge in [0.25, 0.3) is 0 Å². The zero-order valence-corrected chi connectivity index (χ0v) is 14.2. The lowest BCUT2D eigenvalue weighted by Crippen LogP contribution is -2.47. The van der Waals surface area contributed by atoms with E-state index in [1.54, 1.807) is 6.07 Å². The first-order chi connectivity index (χ1) is 9.24. The van der Waals surface area contributed by atoms with Crippen molar-refractivity contribution in [2.24, 2.45) is 0 Å². The van der Waals surface area contributed by atoms with Crippen molar-refractivity contribution in [3.8, 4) is 5.75 Å². The summed E-state index contributed by atoms with van der Waals surface area (Å²) in [7, 11) is 0. The summed E-state index contributed by atoms with van der Waals surface area (Å²) in [5.74, 6) is -0.0295. The summed E-state index contributed by atoms with van der Waals surface area (Å²) in [6.07, 6.45) is -0.194. The van der Waals surface area contributed by atoms with Gasteiger partial charge in [0.2, 0.25) is 15.9 Å². The van der Waals surface area contributed by atoms with Gasteiger partial charge in [0.05, 0.1) is 5.02 Å². The summed E-state index contributed by atoms with van der Waals surface area (Å²) in [4.78, 5) is 11.6. The fourth-order valence-corrected chi connectivity index (χ4v) is 2.07. The standard InChI is InChI=1S/C12H12Cl5NO2/c1-2-3-10(19)18-11(12(15,16)17)20-9-5-4-7(13)6-8(9)14/h4-6,11H,2-3H2,1H3,(H,18,19)/t11-/m0/s1. The van der Waals surface area contributed by atoms with Crippen LogP contribution in [0.4, 0.5) is 0 Å². The van der Waals surface area contributed by atoms with E-state index in [2.05, 4.69) is 5.32 Å². The van der Waals surface area contributed by atoms with E-state index in [9.17, 15) is 4.79 Å². The SMILES string of the molecule is CCCC(=O)N[C@@H](Oc1ccc(Cl)cc1Cl)C(Cl)(Cl)Cl. The minimum Gasteiger partial charge on any atom is -0.464 e. The van der Waals surface area contributed by atoms with Crippen molar-refractivity contribution < 1.29 is 9.53 Å². The highest BCUT2D eigenvalue weighted by Gasteiger charge is 2.36. The minimum absolute atomic E-state index is 0.251. The molecule has 1 amide bonds. The number of carbonyl (C=O) groups is 1. The average molecular weight is 379 g/mol. The van der Waals surface area contributed by atoms with Crippen LogP contribution in [0.3, 0.4) is 0 Å². The molecule has 1 atom stereocenters. The topological polar surface area (TPSA) is 38.3 Å². The summed E-state index contributed by atoms with van der Waals surface area (Å²) < 4.78 is 3.62. The van der Waals surface area contributed by atoms with E-state index in [0.29, 0.717) is 17.9 Å². The quantitative estimate of drug-likeness (QED) is 0.578. The Morgan fingerprint density at radius 1 is 1.35 bits per heavy atom. The summed E-state index contributed by atoms with van der Waals surface area (Å²) in [6.45, 7) is 1.86. The first-order valence-corrected chi connectivity index (χ1v) is 7.60. The molecule has 0 aliphatic heterocycles. The molecule has 1 rings (SSSR count). The Balaban J connectivity index is 2.87. The molecule has 1 N–H and O–H groups in total. The number of alkyl halides is 3. The third kappa shape index (κ3) is 5.74. The summed E-state index contributed by atoms with van der Waals surface area (Å²) in [5.41, 5.74) is 0. The van der Waals surface area contributed by atoms with Gasteiger partial charge in [0.15, 0.2) is 0 Å². The maximum Gasteiger partial charge on any atom is 0.246 e. The lowest BCUT2D eigenvalue weighted by atomic mass is 10.3. The monoisotopic (exact) mass is 377 g/mol. The second-order valence-electron chi connectivity index (χ2n) is 3.93. The van der Waals surface area contributed by atoms with E-state index in [4.69, 9.17) is 62.7 Å². The molecule has 0 fully saturated rings. The molecule has 0 aliphatic carbocycles. The number of ether oxygens (including phenoxy) is 1. The van der Waals surface area contributed by atoms with Crippen molar-refractivity contribution >= 4 is 63.9 Å². The van der Waals surface area contributed by atoms with Gasteiger partial charge >= 0.3 is 0 Å². The van der Waals surface area contributed by atoms with Crippen LogP contribution in [0.5, 0.6) is 5.75 Å². The van der Waals surface area contributed by atoms with Gasteiger partial charge in [-0.2, -0.15) is 0 Å². The number of carbonyl (C=O) groups excluding carboxylic acids is 1. The van der Waals surface area contributed by atoms with E-state index < -0.39 is 10.0 Å². The minimum atomic E-state index is -1.84. The normalized spacial score (nSPS) is 12.9. The summed E-state index contributed by atoms with van der Waals surface area (Å²) in [6, 6.07) is 4.59.